The highest BCUT2D eigenvalue weighted by molar-refractivity contribution is 8.01. The molecule has 0 fully saturated rings. The Morgan fingerprint density at radius 1 is 1.35 bits per heavy atom. The van der Waals surface area contributed by atoms with E-state index in [1.165, 1.54) is 35.2 Å². The van der Waals surface area contributed by atoms with Gasteiger partial charge in [0.05, 0.1) is 5.75 Å². The predicted octanol–water partition coefficient (Wildman–Crippen LogP) is 3.13. The minimum absolute atomic E-state index is 0.133. The minimum atomic E-state index is 0.133. The molecule has 0 unspecified atom stereocenters. The molecule has 0 aliphatic carbocycles. The molecule has 0 saturated carbocycles. The molecule has 0 aliphatic rings. The fraction of sp³-hybridized carbons (Fsp3) is 0.250. The molecule has 1 heterocycles. The Labute approximate surface area is 108 Å². The molecule has 0 bridgehead atoms. The van der Waals surface area contributed by atoms with Crippen LogP contribution in [0.4, 0.5) is 0 Å². The number of aromatic nitrogens is 2. The monoisotopic (exact) mass is 264 g/mol. The Morgan fingerprint density at radius 3 is 2.82 bits per heavy atom. The number of thioether (sulfide) groups is 1. The summed E-state index contributed by atoms with van der Waals surface area (Å²) < 4.78 is 4.73. The van der Waals surface area contributed by atoms with Gasteiger partial charge in [0.1, 0.15) is 6.33 Å². The van der Waals surface area contributed by atoms with Crippen molar-refractivity contribution in [1.29, 1.82) is 0 Å². The van der Waals surface area contributed by atoms with Crippen LogP contribution in [-0.4, -0.2) is 20.9 Å². The number of nitrogens with zero attached hydrogens (tertiary/aromatic N) is 2. The number of benzene rings is 1. The molecule has 17 heavy (non-hydrogen) atoms. The Kier molecular flexibility index (Phi) is 3.91. The van der Waals surface area contributed by atoms with E-state index in [1.54, 1.807) is 0 Å². The highest BCUT2D eigenvalue weighted by Gasteiger charge is 2.08. The van der Waals surface area contributed by atoms with Crippen molar-refractivity contribution in [3.63, 3.8) is 0 Å². The first-order valence-electron chi connectivity index (χ1n) is 5.17. The Hall–Kier alpha value is -1.20. The van der Waals surface area contributed by atoms with Crippen molar-refractivity contribution in [1.82, 2.24) is 9.36 Å². The van der Waals surface area contributed by atoms with E-state index < -0.39 is 0 Å². The second-order valence-electron chi connectivity index (χ2n) is 3.72. The third-order valence-electron chi connectivity index (χ3n) is 2.50. The summed E-state index contributed by atoms with van der Waals surface area (Å²) in [6.45, 7) is 4.06. The average Bonchev–Trinajstić information content (AvgIpc) is 2.82. The first kappa shape index (κ1) is 12.3. The van der Waals surface area contributed by atoms with Crippen LogP contribution >= 0.6 is 23.3 Å². The van der Waals surface area contributed by atoms with Crippen molar-refractivity contribution in [2.75, 3.05) is 5.75 Å². The van der Waals surface area contributed by atoms with Crippen LogP contribution in [0.15, 0.2) is 28.9 Å². The second kappa shape index (κ2) is 5.42. The molecule has 0 N–H and O–H groups in total. The van der Waals surface area contributed by atoms with Crippen LogP contribution in [0.2, 0.25) is 0 Å². The molecule has 0 saturated heterocycles. The van der Waals surface area contributed by atoms with E-state index in [0.717, 1.165) is 15.5 Å². The van der Waals surface area contributed by atoms with Crippen LogP contribution in [0.1, 0.15) is 21.5 Å². The number of Topliss-reactive ketones (excluding diaryl/α,β-unsaturated/α-hetero) is 1. The summed E-state index contributed by atoms with van der Waals surface area (Å²) in [4.78, 5) is 16.0. The number of rotatable bonds is 4. The largest absolute Gasteiger partial charge is 0.293 e. The Morgan fingerprint density at radius 2 is 2.18 bits per heavy atom. The zero-order valence-electron chi connectivity index (χ0n) is 9.64. The summed E-state index contributed by atoms with van der Waals surface area (Å²) in [5.41, 5.74) is 3.13. The molecule has 88 valence electrons. The van der Waals surface area contributed by atoms with Crippen molar-refractivity contribution in [3.8, 4) is 0 Å². The lowest BCUT2D eigenvalue weighted by Gasteiger charge is -2.03. The number of ketones is 1. The third kappa shape index (κ3) is 3.14. The van der Waals surface area contributed by atoms with E-state index in [9.17, 15) is 4.79 Å². The lowest BCUT2D eigenvalue weighted by atomic mass is 10.0. The molecule has 5 heteroatoms. The molecule has 2 aromatic rings. The maximum Gasteiger partial charge on any atom is 0.173 e. The smallest absolute Gasteiger partial charge is 0.173 e. The van der Waals surface area contributed by atoms with Gasteiger partial charge in [-0.25, -0.2) is 4.98 Å². The van der Waals surface area contributed by atoms with E-state index in [0.29, 0.717) is 5.75 Å². The van der Waals surface area contributed by atoms with Crippen molar-refractivity contribution in [3.05, 3.63) is 41.2 Å². The highest BCUT2D eigenvalue weighted by Crippen LogP contribution is 2.20. The van der Waals surface area contributed by atoms with E-state index in [4.69, 9.17) is 0 Å². The fourth-order valence-electron chi connectivity index (χ4n) is 1.35. The lowest BCUT2D eigenvalue weighted by Crippen LogP contribution is -2.02. The number of aryl methyl sites for hydroxylation is 2. The average molecular weight is 264 g/mol. The Bertz CT molecular complexity index is 523. The number of hydrogen-bond donors (Lipinski definition) is 0. The molecule has 2 rings (SSSR count). The van der Waals surface area contributed by atoms with Crippen molar-refractivity contribution < 1.29 is 4.79 Å². The van der Waals surface area contributed by atoms with Gasteiger partial charge in [-0.3, -0.25) is 4.79 Å². The van der Waals surface area contributed by atoms with Gasteiger partial charge < -0.3 is 0 Å². The minimum Gasteiger partial charge on any atom is -0.293 e. The van der Waals surface area contributed by atoms with Crippen LogP contribution in [0.3, 0.4) is 0 Å². The van der Waals surface area contributed by atoms with Crippen LogP contribution in [0, 0.1) is 13.8 Å². The molecular formula is C12H12N2OS2. The van der Waals surface area contributed by atoms with Gasteiger partial charge in [0, 0.05) is 5.56 Å². The first-order chi connectivity index (χ1) is 8.16. The molecular weight excluding hydrogens is 252 g/mol. The maximum atomic E-state index is 11.9. The molecule has 0 spiro atoms. The summed E-state index contributed by atoms with van der Waals surface area (Å²) in [6, 6.07) is 5.81. The van der Waals surface area contributed by atoms with Gasteiger partial charge in [0.25, 0.3) is 0 Å². The van der Waals surface area contributed by atoms with Crippen molar-refractivity contribution in [2.24, 2.45) is 0 Å². The summed E-state index contributed by atoms with van der Waals surface area (Å²) in [7, 11) is 0. The highest BCUT2D eigenvalue weighted by atomic mass is 32.2. The number of hydrogen-bond acceptors (Lipinski definition) is 5. The molecule has 0 aliphatic heterocycles. The lowest BCUT2D eigenvalue weighted by molar-refractivity contribution is 0.102. The van der Waals surface area contributed by atoms with Crippen LogP contribution in [0.5, 0.6) is 0 Å². The standard InChI is InChI=1S/C12H12N2OS2/c1-8-3-4-10(5-9(8)2)11(15)6-16-12-13-7-14-17-12/h3-5,7H,6H2,1-2H3. The molecule has 1 aromatic carbocycles. The summed E-state index contributed by atoms with van der Waals surface area (Å²) in [5, 5.41) is 0. The van der Waals surface area contributed by atoms with Crippen LogP contribution in [0.25, 0.3) is 0 Å². The summed E-state index contributed by atoms with van der Waals surface area (Å²) >= 11 is 2.75. The van der Waals surface area contributed by atoms with E-state index in [-0.39, 0.29) is 5.78 Å². The van der Waals surface area contributed by atoms with Gasteiger partial charge in [-0.1, -0.05) is 23.9 Å². The molecule has 1 aromatic heterocycles. The maximum absolute atomic E-state index is 11.9. The van der Waals surface area contributed by atoms with Gasteiger partial charge in [-0.05, 0) is 42.6 Å². The number of carbonyl (C=O) groups is 1. The van der Waals surface area contributed by atoms with Gasteiger partial charge >= 0.3 is 0 Å². The van der Waals surface area contributed by atoms with Crippen LogP contribution in [-0.2, 0) is 0 Å². The summed E-state index contributed by atoms with van der Waals surface area (Å²) in [6.07, 6.45) is 1.51. The van der Waals surface area contributed by atoms with Gasteiger partial charge in [-0.15, -0.1) is 0 Å². The zero-order valence-corrected chi connectivity index (χ0v) is 11.3. The van der Waals surface area contributed by atoms with E-state index in [2.05, 4.69) is 9.36 Å². The van der Waals surface area contributed by atoms with Gasteiger partial charge in [0.2, 0.25) is 0 Å². The topological polar surface area (TPSA) is 42.9 Å². The van der Waals surface area contributed by atoms with Crippen molar-refractivity contribution >= 4 is 29.1 Å². The van der Waals surface area contributed by atoms with Gasteiger partial charge in [-0.2, -0.15) is 4.37 Å². The summed E-state index contributed by atoms with van der Waals surface area (Å²) in [5.74, 6) is 0.547. The predicted molar refractivity (Wildman–Crippen MR) is 70.9 cm³/mol. The molecule has 3 nitrogen and oxygen atoms in total. The third-order valence-corrected chi connectivity index (χ3v) is 4.29. The quantitative estimate of drug-likeness (QED) is 0.628. The first-order valence-corrected chi connectivity index (χ1v) is 6.92. The van der Waals surface area contributed by atoms with Crippen LogP contribution < -0.4 is 0 Å². The Balaban J connectivity index is 2.02. The molecule has 0 atom stereocenters. The van der Waals surface area contributed by atoms with E-state index >= 15 is 0 Å². The van der Waals surface area contributed by atoms with Crippen molar-refractivity contribution in [2.45, 2.75) is 18.2 Å². The fourth-order valence-corrected chi connectivity index (χ4v) is 2.69. The SMILES string of the molecule is Cc1ccc(C(=O)CSc2ncns2)cc1C. The molecule has 0 radical (unpaired) electrons. The van der Waals surface area contributed by atoms with E-state index in [1.807, 2.05) is 32.0 Å². The zero-order chi connectivity index (χ0) is 12.3. The normalized spacial score (nSPS) is 10.5. The number of carbonyl (C=O) groups excluding carboxylic acids is 1. The second-order valence-corrected chi connectivity index (χ2v) is 5.72. The molecule has 0 amide bonds. The van der Waals surface area contributed by atoms with Gasteiger partial charge in [0.15, 0.2) is 10.1 Å².